The molecule has 0 radical (unpaired) electrons. The van der Waals surface area contributed by atoms with Crippen LogP contribution in [-0.2, 0) is 44.6 Å². The van der Waals surface area contributed by atoms with Crippen molar-refractivity contribution in [3.05, 3.63) is 0 Å². The van der Waals surface area contributed by atoms with Crippen molar-refractivity contribution in [1.82, 2.24) is 0 Å². The topological polar surface area (TPSA) is 342 Å². The van der Waals surface area contributed by atoms with E-state index < -0.39 is 46.9 Å². The molecule has 0 bridgehead atoms. The molecule has 0 saturated carbocycles. The van der Waals surface area contributed by atoms with Crippen molar-refractivity contribution in [3.63, 3.8) is 0 Å². The quantitative estimate of drug-likeness (QED) is 0.0813. The summed E-state index contributed by atoms with van der Waals surface area (Å²) in [5.74, 6) is 0. The van der Waals surface area contributed by atoms with E-state index in [2.05, 4.69) is 17.2 Å². The Balaban J connectivity index is -0.0000000505. The summed E-state index contributed by atoms with van der Waals surface area (Å²) in [4.78, 5) is 80.4. The van der Waals surface area contributed by atoms with E-state index >= 15 is 0 Å². The van der Waals surface area contributed by atoms with Crippen LogP contribution in [0.2, 0.25) is 0 Å². The Bertz CT molecular complexity index is 631. The third-order valence-corrected chi connectivity index (χ3v) is 7.54. The van der Waals surface area contributed by atoms with Gasteiger partial charge in [0, 0.05) is 0 Å². The molecule has 20 nitrogen and oxygen atoms in total. The molecule has 0 rings (SSSR count). The van der Waals surface area contributed by atoms with Gasteiger partial charge in [0.15, 0.2) is 0 Å². The maximum absolute atomic E-state index is 10.4. The molecular weight excluding hydrogens is 740 g/mol. The zero-order chi connectivity index (χ0) is 21.8. The van der Waals surface area contributed by atoms with Gasteiger partial charge in [-0.05, 0) is 0 Å². The molecule has 160 valence electrons. The molecule has 0 aliphatic carbocycles. The smallest absolute Gasteiger partial charge is 0.302 e. The van der Waals surface area contributed by atoms with Crippen LogP contribution in [0.25, 0.3) is 0 Å². The van der Waals surface area contributed by atoms with E-state index in [-0.39, 0.29) is 308 Å². The van der Waals surface area contributed by atoms with Crippen molar-refractivity contribution in [2.75, 3.05) is 0 Å². The van der Waals surface area contributed by atoms with Crippen molar-refractivity contribution >= 4 is 46.9 Å². The summed E-state index contributed by atoms with van der Waals surface area (Å²) < 4.78 is 72.8. The molecular formula is H10K6O20P6+6. The summed E-state index contributed by atoms with van der Waals surface area (Å²) in [6, 6.07) is 0. The Morgan fingerprint density at radius 3 is 0.469 bits per heavy atom. The van der Waals surface area contributed by atoms with E-state index in [0.717, 1.165) is 0 Å². The first-order valence-electron chi connectivity index (χ1n) is 4.56. The Morgan fingerprint density at radius 1 is 0.312 bits per heavy atom. The average molecular weight is 750 g/mol. The predicted molar refractivity (Wildman–Crippen MR) is 72.2 cm³/mol. The van der Waals surface area contributed by atoms with E-state index in [0.29, 0.717) is 0 Å². The van der Waals surface area contributed by atoms with Gasteiger partial charge in [-0.15, -0.1) is 0 Å². The monoisotopic (exact) mass is 750 g/mol. The number of hydrogen-bond acceptors (Lipinski definition) is 10. The average Bonchev–Trinajstić information content (AvgIpc) is 1.97. The maximum Gasteiger partial charge on any atom is 1.00 e. The van der Waals surface area contributed by atoms with E-state index in [4.69, 9.17) is 48.9 Å². The largest absolute Gasteiger partial charge is 1.00 e. The van der Waals surface area contributed by atoms with E-state index in [1.54, 1.807) is 0 Å². The SMILES string of the molecule is O=P(O)(O)OP(=O)(O)OP(=O)(O)O.O=P(O)(O)OP(=O)(O)OP(=O)(O)O.[K+].[K+].[K+].[K+].[K+].[K+]. The van der Waals surface area contributed by atoms with Crippen LogP contribution in [0.15, 0.2) is 0 Å². The van der Waals surface area contributed by atoms with Gasteiger partial charge >= 0.3 is 355 Å². The molecule has 32 heavy (non-hydrogen) atoms. The van der Waals surface area contributed by atoms with Crippen LogP contribution in [0.1, 0.15) is 0 Å². The van der Waals surface area contributed by atoms with Crippen molar-refractivity contribution < 1.29 is 402 Å². The molecule has 0 unspecified atom stereocenters. The molecule has 0 aromatic heterocycles. The van der Waals surface area contributed by atoms with Crippen LogP contribution in [0.3, 0.4) is 0 Å². The molecule has 0 spiro atoms. The van der Waals surface area contributed by atoms with Crippen LogP contribution in [-0.4, -0.2) is 48.9 Å². The fraction of sp³-hybridized carbons (Fsp3) is 0. The fourth-order valence-corrected chi connectivity index (χ4v) is 5.64. The Morgan fingerprint density at radius 2 is 0.406 bits per heavy atom. The summed E-state index contributed by atoms with van der Waals surface area (Å²) in [6.07, 6.45) is 0. The predicted octanol–water partition coefficient (Wildman–Crippen LogP) is -19.4. The third kappa shape index (κ3) is 53.2. The van der Waals surface area contributed by atoms with Crippen LogP contribution in [0.4, 0.5) is 0 Å². The number of phosphoric acid groups is 6. The maximum atomic E-state index is 10.4. The molecule has 0 aromatic rings. The van der Waals surface area contributed by atoms with Crippen molar-refractivity contribution in [2.24, 2.45) is 0 Å². The van der Waals surface area contributed by atoms with Crippen molar-refractivity contribution in [3.8, 4) is 0 Å². The van der Waals surface area contributed by atoms with Crippen LogP contribution < -0.4 is 308 Å². The molecule has 0 saturated heterocycles. The Kier molecular flexibility index (Phi) is 51.6. The Hall–Kier alpha value is 10.6. The fourth-order valence-electron chi connectivity index (χ4n) is 0.567. The van der Waals surface area contributed by atoms with Gasteiger partial charge in [0.1, 0.15) is 0 Å². The van der Waals surface area contributed by atoms with Crippen LogP contribution in [0.5, 0.6) is 0 Å². The van der Waals surface area contributed by atoms with Crippen molar-refractivity contribution in [2.45, 2.75) is 0 Å². The van der Waals surface area contributed by atoms with Gasteiger partial charge in [0.2, 0.25) is 0 Å². The molecule has 0 atom stereocenters. The van der Waals surface area contributed by atoms with Crippen molar-refractivity contribution in [1.29, 1.82) is 0 Å². The minimum Gasteiger partial charge on any atom is -0.302 e. The molecule has 10 N–H and O–H groups in total. The summed E-state index contributed by atoms with van der Waals surface area (Å²) in [7, 11) is -32.3. The van der Waals surface area contributed by atoms with E-state index in [1.807, 2.05) is 0 Å². The number of hydrogen-bond donors (Lipinski definition) is 10. The van der Waals surface area contributed by atoms with Gasteiger partial charge in [-0.2, -0.15) is 17.2 Å². The van der Waals surface area contributed by atoms with Gasteiger partial charge in [0.25, 0.3) is 0 Å². The normalized spacial score (nSPS) is 11.8. The summed E-state index contributed by atoms with van der Waals surface area (Å²) in [5, 5.41) is 0. The first kappa shape index (κ1) is 61.6. The molecule has 0 heterocycles. The van der Waals surface area contributed by atoms with Gasteiger partial charge in [-0.25, -0.2) is 27.4 Å². The minimum atomic E-state index is -5.46. The first-order chi connectivity index (χ1) is 10.8. The zero-order valence-corrected chi connectivity index (χ0v) is 41.3. The van der Waals surface area contributed by atoms with Crippen LogP contribution in [0, 0.1) is 0 Å². The summed E-state index contributed by atoms with van der Waals surface area (Å²) in [6.45, 7) is 0. The first-order valence-corrected chi connectivity index (χ1v) is 13.7. The standard InChI is InChI=1S/6K.2H5O10P3/c;;;;;;2*1-11(2,3)9-13(7,8)10-12(4,5)6/h;;;;;;2*(H,7,8)(H2,1,2,3)(H2,4,5,6)/q6*+1;;. The Labute approximate surface area is 435 Å². The second-order valence-corrected chi connectivity index (χ2v) is 11.6. The van der Waals surface area contributed by atoms with E-state index in [9.17, 15) is 27.4 Å². The second kappa shape index (κ2) is 26.8. The minimum absolute atomic E-state index is 0. The zero-order valence-electron chi connectivity index (χ0n) is 17.2. The van der Waals surface area contributed by atoms with Gasteiger partial charge < -0.3 is 48.9 Å². The molecule has 32 heteroatoms. The van der Waals surface area contributed by atoms with Gasteiger partial charge in [0.05, 0.1) is 0 Å². The molecule has 0 amide bonds. The summed E-state index contributed by atoms with van der Waals surface area (Å²) in [5.41, 5.74) is 0. The van der Waals surface area contributed by atoms with E-state index in [1.165, 1.54) is 0 Å². The summed E-state index contributed by atoms with van der Waals surface area (Å²) >= 11 is 0. The van der Waals surface area contributed by atoms with Gasteiger partial charge in [-0.3, -0.25) is 0 Å². The number of rotatable bonds is 8. The molecule has 0 aromatic carbocycles. The van der Waals surface area contributed by atoms with Gasteiger partial charge in [-0.1, -0.05) is 0 Å². The third-order valence-electron chi connectivity index (χ3n) is 0.838. The van der Waals surface area contributed by atoms with Crippen LogP contribution >= 0.6 is 46.9 Å². The molecule has 0 aliphatic heterocycles. The second-order valence-electron chi connectivity index (χ2n) is 3.23. The molecule has 0 aliphatic rings. The molecule has 0 fully saturated rings.